The smallest absolute Gasteiger partial charge is 0.308 e. The number of rotatable bonds is 4. The number of halogens is 3. The fraction of sp³-hybridized carbons (Fsp3) is 0.333. The summed E-state index contributed by atoms with van der Waals surface area (Å²) in [7, 11) is 0. The largest absolute Gasteiger partial charge is 0.401 e. The molecule has 0 bridgehead atoms. The second-order valence-electron chi connectivity index (χ2n) is 3.80. The minimum Gasteiger partial charge on any atom is -0.308 e. The Balaban J connectivity index is 1.91. The Labute approximate surface area is 101 Å². The third kappa shape index (κ3) is 3.44. The maximum absolute atomic E-state index is 11.9. The highest BCUT2D eigenvalue weighted by atomic mass is 32.1. The van der Waals surface area contributed by atoms with Gasteiger partial charge in [0.2, 0.25) is 0 Å². The summed E-state index contributed by atoms with van der Waals surface area (Å²) in [6.45, 7) is -0.574. The Morgan fingerprint density at radius 1 is 1.18 bits per heavy atom. The number of hydrogen-bond donors (Lipinski definition) is 1. The highest BCUT2D eigenvalue weighted by Crippen LogP contribution is 2.25. The number of benzene rings is 1. The summed E-state index contributed by atoms with van der Waals surface area (Å²) < 4.78 is 36.9. The monoisotopic (exact) mass is 259 g/mol. The molecule has 0 spiro atoms. The first kappa shape index (κ1) is 12.4. The molecule has 5 heteroatoms. The van der Waals surface area contributed by atoms with Crippen molar-refractivity contribution in [2.45, 2.75) is 12.6 Å². The molecule has 2 rings (SSSR count). The number of fused-ring (bicyclic) bond motifs is 1. The molecule has 1 aromatic heterocycles. The number of thiophene rings is 1. The lowest BCUT2D eigenvalue weighted by Gasteiger charge is -2.07. The molecular weight excluding hydrogens is 247 g/mol. The summed E-state index contributed by atoms with van der Waals surface area (Å²) in [6, 6.07) is 7.93. The van der Waals surface area contributed by atoms with Crippen LogP contribution >= 0.6 is 11.3 Å². The topological polar surface area (TPSA) is 12.0 Å². The van der Waals surface area contributed by atoms with E-state index in [0.717, 1.165) is 10.9 Å². The third-order valence-corrected chi connectivity index (χ3v) is 3.47. The van der Waals surface area contributed by atoms with Crippen LogP contribution in [0.3, 0.4) is 0 Å². The highest BCUT2D eigenvalue weighted by Gasteiger charge is 2.25. The first-order chi connectivity index (χ1) is 8.06. The van der Waals surface area contributed by atoms with E-state index >= 15 is 0 Å². The van der Waals surface area contributed by atoms with Gasteiger partial charge in [-0.3, -0.25) is 0 Å². The number of hydrogen-bond acceptors (Lipinski definition) is 2. The highest BCUT2D eigenvalue weighted by molar-refractivity contribution is 7.17. The van der Waals surface area contributed by atoms with Crippen LogP contribution in [0.5, 0.6) is 0 Å². The van der Waals surface area contributed by atoms with Gasteiger partial charge in [0.05, 0.1) is 6.54 Å². The van der Waals surface area contributed by atoms with Crippen LogP contribution in [0.4, 0.5) is 13.2 Å². The molecule has 0 radical (unpaired) electrons. The van der Waals surface area contributed by atoms with Gasteiger partial charge < -0.3 is 5.32 Å². The number of nitrogens with one attached hydrogen (secondary N) is 1. The van der Waals surface area contributed by atoms with Crippen molar-refractivity contribution in [3.05, 3.63) is 35.2 Å². The molecule has 2 aromatic rings. The molecule has 1 N–H and O–H groups in total. The van der Waals surface area contributed by atoms with Crippen LogP contribution in [0.2, 0.25) is 0 Å². The summed E-state index contributed by atoms with van der Waals surface area (Å²) in [5.41, 5.74) is 1.11. The first-order valence-electron chi connectivity index (χ1n) is 5.29. The van der Waals surface area contributed by atoms with Crippen molar-refractivity contribution in [2.24, 2.45) is 0 Å². The SMILES string of the molecule is FC(F)(F)CNCCc1csc2ccccc12. The van der Waals surface area contributed by atoms with Crippen molar-refractivity contribution in [1.29, 1.82) is 0 Å². The Morgan fingerprint density at radius 2 is 1.94 bits per heavy atom. The molecule has 1 heterocycles. The van der Waals surface area contributed by atoms with Crippen molar-refractivity contribution in [2.75, 3.05) is 13.1 Å². The molecule has 0 amide bonds. The number of alkyl halides is 3. The average molecular weight is 259 g/mol. The fourth-order valence-electron chi connectivity index (χ4n) is 1.68. The normalized spacial score (nSPS) is 12.2. The van der Waals surface area contributed by atoms with E-state index < -0.39 is 12.7 Å². The van der Waals surface area contributed by atoms with Crippen molar-refractivity contribution < 1.29 is 13.2 Å². The van der Waals surface area contributed by atoms with Gasteiger partial charge in [0.1, 0.15) is 0 Å². The minimum absolute atomic E-state index is 0.347. The van der Waals surface area contributed by atoms with Gasteiger partial charge in [0, 0.05) is 4.70 Å². The molecule has 0 aliphatic carbocycles. The second-order valence-corrected chi connectivity index (χ2v) is 4.71. The first-order valence-corrected chi connectivity index (χ1v) is 6.17. The Bertz CT molecular complexity index is 490. The van der Waals surface area contributed by atoms with Gasteiger partial charge in [0.15, 0.2) is 0 Å². The standard InChI is InChI=1S/C12H12F3NS/c13-12(14,15)8-16-6-5-9-7-17-11-4-2-1-3-10(9)11/h1-4,7,16H,5-6,8H2. The molecular formula is C12H12F3NS. The zero-order valence-electron chi connectivity index (χ0n) is 9.05. The van der Waals surface area contributed by atoms with E-state index in [0.29, 0.717) is 13.0 Å². The lowest BCUT2D eigenvalue weighted by molar-refractivity contribution is -0.124. The zero-order chi connectivity index (χ0) is 12.3. The zero-order valence-corrected chi connectivity index (χ0v) is 9.87. The van der Waals surface area contributed by atoms with Gasteiger partial charge in [-0.15, -0.1) is 11.3 Å². The van der Waals surface area contributed by atoms with Gasteiger partial charge in [-0.2, -0.15) is 13.2 Å². The van der Waals surface area contributed by atoms with Gasteiger partial charge in [0.25, 0.3) is 0 Å². The fourth-order valence-corrected chi connectivity index (χ4v) is 2.68. The summed E-state index contributed by atoms with van der Waals surface area (Å²) in [5.74, 6) is 0. The van der Waals surface area contributed by atoms with Crippen LogP contribution in [0.15, 0.2) is 29.6 Å². The average Bonchev–Trinajstić information content (AvgIpc) is 2.67. The second kappa shape index (κ2) is 5.06. The molecule has 0 atom stereocenters. The Hall–Kier alpha value is -1.07. The molecule has 0 saturated carbocycles. The maximum atomic E-state index is 11.9. The van der Waals surface area contributed by atoms with E-state index in [1.807, 2.05) is 29.6 Å². The maximum Gasteiger partial charge on any atom is 0.401 e. The van der Waals surface area contributed by atoms with Crippen molar-refractivity contribution in [1.82, 2.24) is 5.32 Å². The molecule has 1 nitrogen and oxygen atoms in total. The van der Waals surface area contributed by atoms with Crippen molar-refractivity contribution in [3.63, 3.8) is 0 Å². The minimum atomic E-state index is -4.13. The molecule has 0 aliphatic heterocycles. The molecule has 0 saturated heterocycles. The molecule has 0 fully saturated rings. The van der Waals surface area contributed by atoms with Crippen LogP contribution in [-0.2, 0) is 6.42 Å². The summed E-state index contributed by atoms with van der Waals surface area (Å²) in [5, 5.41) is 5.57. The van der Waals surface area contributed by atoms with Crippen LogP contribution < -0.4 is 5.32 Å². The predicted molar refractivity (Wildman–Crippen MR) is 64.5 cm³/mol. The van der Waals surface area contributed by atoms with Crippen LogP contribution in [0.25, 0.3) is 10.1 Å². The third-order valence-electron chi connectivity index (χ3n) is 2.46. The van der Waals surface area contributed by atoms with E-state index in [-0.39, 0.29) is 0 Å². The molecule has 92 valence electrons. The lowest BCUT2D eigenvalue weighted by atomic mass is 10.1. The van der Waals surface area contributed by atoms with Crippen molar-refractivity contribution in [3.8, 4) is 0 Å². The van der Waals surface area contributed by atoms with Gasteiger partial charge >= 0.3 is 6.18 Å². The summed E-state index contributed by atoms with van der Waals surface area (Å²) in [6.07, 6.45) is -3.50. The van der Waals surface area contributed by atoms with Crippen molar-refractivity contribution >= 4 is 21.4 Å². The molecule has 1 aromatic carbocycles. The van der Waals surface area contributed by atoms with E-state index in [1.54, 1.807) is 11.3 Å². The van der Waals surface area contributed by atoms with E-state index in [1.165, 1.54) is 4.70 Å². The van der Waals surface area contributed by atoms with E-state index in [2.05, 4.69) is 5.32 Å². The molecule has 17 heavy (non-hydrogen) atoms. The summed E-state index contributed by atoms with van der Waals surface area (Å²) >= 11 is 1.63. The van der Waals surface area contributed by atoms with Gasteiger partial charge in [-0.05, 0) is 35.4 Å². The Kier molecular flexibility index (Phi) is 3.69. The lowest BCUT2D eigenvalue weighted by Crippen LogP contribution is -2.30. The quantitative estimate of drug-likeness (QED) is 0.827. The Morgan fingerprint density at radius 3 is 2.71 bits per heavy atom. The van der Waals surface area contributed by atoms with Gasteiger partial charge in [-0.25, -0.2) is 0 Å². The molecule has 0 unspecified atom stereocenters. The van der Waals surface area contributed by atoms with Gasteiger partial charge in [-0.1, -0.05) is 18.2 Å². The predicted octanol–water partition coefficient (Wildman–Crippen LogP) is 3.60. The van der Waals surface area contributed by atoms with Crippen LogP contribution in [0.1, 0.15) is 5.56 Å². The van der Waals surface area contributed by atoms with Crippen LogP contribution in [-0.4, -0.2) is 19.3 Å². The summed E-state index contributed by atoms with van der Waals surface area (Å²) in [4.78, 5) is 0. The van der Waals surface area contributed by atoms with E-state index in [9.17, 15) is 13.2 Å². The van der Waals surface area contributed by atoms with Crippen LogP contribution in [0, 0.1) is 0 Å². The van der Waals surface area contributed by atoms with E-state index in [4.69, 9.17) is 0 Å². The molecule has 0 aliphatic rings.